The molecule has 0 saturated heterocycles. The number of nitrogens with one attached hydrogen (secondary N) is 1. The molecule has 0 atom stereocenters. The predicted octanol–water partition coefficient (Wildman–Crippen LogP) is 2.88. The number of halogens is 1. The van der Waals surface area contributed by atoms with Crippen LogP contribution in [0.25, 0.3) is 0 Å². The Hall–Kier alpha value is -2.53. The fourth-order valence-electron chi connectivity index (χ4n) is 1.65. The fraction of sp³-hybridized carbons (Fsp3) is 0. The molecule has 0 aliphatic carbocycles. The number of amides is 1. The van der Waals surface area contributed by atoms with Gasteiger partial charge in [0.2, 0.25) is 5.91 Å². The Morgan fingerprint density at radius 2 is 1.65 bits per heavy atom. The van der Waals surface area contributed by atoms with E-state index in [0.29, 0.717) is 16.9 Å². The molecule has 20 heavy (non-hydrogen) atoms. The van der Waals surface area contributed by atoms with E-state index in [2.05, 4.69) is 5.32 Å². The van der Waals surface area contributed by atoms with Gasteiger partial charge >= 0.3 is 5.97 Å². The van der Waals surface area contributed by atoms with Gasteiger partial charge in [-0.25, -0.2) is 4.79 Å². The fourth-order valence-corrected chi connectivity index (χ4v) is 1.85. The highest BCUT2D eigenvalue weighted by atomic mass is 35.5. The molecule has 102 valence electrons. The summed E-state index contributed by atoms with van der Waals surface area (Å²) in [5.74, 6) is -1.60. The van der Waals surface area contributed by atoms with E-state index in [1.54, 1.807) is 30.3 Å². The lowest BCUT2D eigenvalue weighted by Crippen LogP contribution is -2.10. The molecule has 0 bridgehead atoms. The Morgan fingerprint density at radius 3 is 2.20 bits per heavy atom. The minimum atomic E-state index is -1.09. The second kappa shape index (κ2) is 5.63. The van der Waals surface area contributed by atoms with Crippen LogP contribution in [0.4, 0.5) is 11.4 Å². The Morgan fingerprint density at radius 1 is 1.05 bits per heavy atom. The van der Waals surface area contributed by atoms with Crippen LogP contribution in [0.15, 0.2) is 42.5 Å². The van der Waals surface area contributed by atoms with Crippen LogP contribution in [0.5, 0.6) is 0 Å². The van der Waals surface area contributed by atoms with Crippen molar-refractivity contribution in [3.63, 3.8) is 0 Å². The van der Waals surface area contributed by atoms with Crippen molar-refractivity contribution in [1.29, 1.82) is 0 Å². The summed E-state index contributed by atoms with van der Waals surface area (Å²) in [4.78, 5) is 21.9. The zero-order valence-electron chi connectivity index (χ0n) is 10.3. The summed E-state index contributed by atoms with van der Waals surface area (Å²) >= 11 is 5.79. The average molecular weight is 291 g/mol. The van der Waals surface area contributed by atoms with Crippen molar-refractivity contribution in [1.82, 2.24) is 0 Å². The molecule has 0 aliphatic heterocycles. The SMILES string of the molecule is NC(=O)c1ccc(Nc2ccc(Cl)c(C(=O)O)c2)cc1. The number of anilines is 2. The molecule has 0 unspecified atom stereocenters. The van der Waals surface area contributed by atoms with Gasteiger partial charge in [0, 0.05) is 16.9 Å². The Balaban J connectivity index is 2.23. The van der Waals surface area contributed by atoms with Gasteiger partial charge in [-0.1, -0.05) is 11.6 Å². The topological polar surface area (TPSA) is 92.4 Å². The molecule has 6 heteroatoms. The molecule has 2 aromatic carbocycles. The molecular weight excluding hydrogens is 280 g/mol. The molecule has 0 radical (unpaired) electrons. The Kier molecular flexibility index (Phi) is 3.91. The van der Waals surface area contributed by atoms with Crippen LogP contribution in [0.2, 0.25) is 5.02 Å². The summed E-state index contributed by atoms with van der Waals surface area (Å²) in [7, 11) is 0. The lowest BCUT2D eigenvalue weighted by atomic mass is 10.1. The van der Waals surface area contributed by atoms with E-state index in [9.17, 15) is 9.59 Å². The zero-order valence-corrected chi connectivity index (χ0v) is 11.0. The maximum absolute atomic E-state index is 11.0. The van der Waals surface area contributed by atoms with Gasteiger partial charge in [0.1, 0.15) is 0 Å². The molecule has 4 N–H and O–H groups in total. The lowest BCUT2D eigenvalue weighted by Gasteiger charge is -2.08. The van der Waals surface area contributed by atoms with Crippen LogP contribution in [0.3, 0.4) is 0 Å². The monoisotopic (exact) mass is 290 g/mol. The molecule has 0 heterocycles. The van der Waals surface area contributed by atoms with Crippen LogP contribution in [-0.2, 0) is 0 Å². The van der Waals surface area contributed by atoms with E-state index in [0.717, 1.165) is 0 Å². The molecular formula is C14H11ClN2O3. The summed E-state index contributed by atoms with van der Waals surface area (Å²) in [5.41, 5.74) is 6.85. The third-order valence-electron chi connectivity index (χ3n) is 2.65. The highest BCUT2D eigenvalue weighted by molar-refractivity contribution is 6.33. The van der Waals surface area contributed by atoms with Crippen LogP contribution < -0.4 is 11.1 Å². The number of benzene rings is 2. The number of aromatic carboxylic acids is 1. The number of carboxylic acid groups (broad SMARTS) is 1. The van der Waals surface area contributed by atoms with E-state index < -0.39 is 11.9 Å². The number of carbonyl (C=O) groups is 2. The van der Waals surface area contributed by atoms with Crippen molar-refractivity contribution in [3.8, 4) is 0 Å². The largest absolute Gasteiger partial charge is 0.478 e. The summed E-state index contributed by atoms with van der Waals surface area (Å²) < 4.78 is 0. The van der Waals surface area contributed by atoms with Crippen molar-refractivity contribution in [3.05, 3.63) is 58.6 Å². The minimum Gasteiger partial charge on any atom is -0.478 e. The van der Waals surface area contributed by atoms with Gasteiger partial charge in [0.25, 0.3) is 0 Å². The summed E-state index contributed by atoms with van der Waals surface area (Å²) in [6.07, 6.45) is 0. The smallest absolute Gasteiger partial charge is 0.337 e. The molecule has 0 aromatic heterocycles. The third kappa shape index (κ3) is 3.07. The normalized spacial score (nSPS) is 10.1. The number of hydrogen-bond donors (Lipinski definition) is 3. The van der Waals surface area contributed by atoms with Gasteiger partial charge in [0.15, 0.2) is 0 Å². The van der Waals surface area contributed by atoms with Crippen molar-refractivity contribution in [2.24, 2.45) is 5.73 Å². The van der Waals surface area contributed by atoms with Crippen LogP contribution >= 0.6 is 11.6 Å². The van der Waals surface area contributed by atoms with E-state index >= 15 is 0 Å². The molecule has 0 fully saturated rings. The predicted molar refractivity (Wildman–Crippen MR) is 76.7 cm³/mol. The first-order valence-corrected chi connectivity index (χ1v) is 6.05. The highest BCUT2D eigenvalue weighted by Crippen LogP contribution is 2.23. The Bertz CT molecular complexity index is 669. The molecule has 2 aromatic rings. The first kappa shape index (κ1) is 13.9. The van der Waals surface area contributed by atoms with Crippen LogP contribution in [-0.4, -0.2) is 17.0 Å². The first-order valence-electron chi connectivity index (χ1n) is 5.67. The minimum absolute atomic E-state index is 0.0189. The number of carbonyl (C=O) groups excluding carboxylic acids is 1. The second-order valence-electron chi connectivity index (χ2n) is 4.07. The number of carboxylic acids is 1. The zero-order chi connectivity index (χ0) is 14.7. The first-order chi connectivity index (χ1) is 9.47. The summed E-state index contributed by atoms with van der Waals surface area (Å²) in [6, 6.07) is 11.1. The maximum atomic E-state index is 11.0. The molecule has 2 rings (SSSR count). The quantitative estimate of drug-likeness (QED) is 0.807. The summed E-state index contributed by atoms with van der Waals surface area (Å²) in [5, 5.41) is 12.2. The third-order valence-corrected chi connectivity index (χ3v) is 2.98. The number of hydrogen-bond acceptors (Lipinski definition) is 3. The van der Waals surface area contributed by atoms with E-state index in [-0.39, 0.29) is 10.6 Å². The van der Waals surface area contributed by atoms with Gasteiger partial charge in [-0.2, -0.15) is 0 Å². The second-order valence-corrected chi connectivity index (χ2v) is 4.47. The molecule has 1 amide bonds. The van der Waals surface area contributed by atoms with Gasteiger partial charge in [-0.15, -0.1) is 0 Å². The summed E-state index contributed by atoms with van der Waals surface area (Å²) in [6.45, 7) is 0. The van der Waals surface area contributed by atoms with Gasteiger partial charge in [-0.05, 0) is 42.5 Å². The molecule has 5 nitrogen and oxygen atoms in total. The molecule has 0 aliphatic rings. The van der Waals surface area contributed by atoms with E-state index in [1.165, 1.54) is 12.1 Å². The van der Waals surface area contributed by atoms with E-state index in [1.807, 2.05) is 0 Å². The molecule has 0 saturated carbocycles. The molecule has 0 spiro atoms. The van der Waals surface area contributed by atoms with Gasteiger partial charge in [0.05, 0.1) is 10.6 Å². The van der Waals surface area contributed by atoms with Gasteiger partial charge < -0.3 is 16.2 Å². The van der Waals surface area contributed by atoms with Crippen molar-refractivity contribution < 1.29 is 14.7 Å². The maximum Gasteiger partial charge on any atom is 0.337 e. The lowest BCUT2D eigenvalue weighted by molar-refractivity contribution is 0.0697. The van der Waals surface area contributed by atoms with Crippen LogP contribution in [0, 0.1) is 0 Å². The van der Waals surface area contributed by atoms with E-state index in [4.69, 9.17) is 22.4 Å². The Labute approximate surface area is 120 Å². The van der Waals surface area contributed by atoms with Crippen molar-refractivity contribution in [2.45, 2.75) is 0 Å². The number of nitrogens with two attached hydrogens (primary N) is 1. The van der Waals surface area contributed by atoms with Crippen molar-refractivity contribution in [2.75, 3.05) is 5.32 Å². The number of rotatable bonds is 4. The van der Waals surface area contributed by atoms with Gasteiger partial charge in [-0.3, -0.25) is 4.79 Å². The highest BCUT2D eigenvalue weighted by Gasteiger charge is 2.09. The van der Waals surface area contributed by atoms with Crippen molar-refractivity contribution >= 4 is 34.9 Å². The number of primary amides is 1. The standard InChI is InChI=1S/C14H11ClN2O3/c15-12-6-5-10(7-11(12)14(19)20)17-9-3-1-8(2-4-9)13(16)18/h1-7,17H,(H2,16,18)(H,19,20). The van der Waals surface area contributed by atoms with Crippen LogP contribution in [0.1, 0.15) is 20.7 Å². The average Bonchev–Trinajstić information content (AvgIpc) is 2.41.